The average molecular weight is 1310 g/mol. The molecule has 6 rings (SSSR count). The van der Waals surface area contributed by atoms with Gasteiger partial charge in [-0.1, -0.05) is 67.9 Å². The minimum absolute atomic E-state index is 0.0572. The first-order chi connectivity index (χ1) is 37.3. The van der Waals surface area contributed by atoms with Gasteiger partial charge >= 0.3 is 39.1 Å². The minimum Gasteiger partial charge on any atom is -0.478 e. The number of carboxylic acids is 1. The number of unbranched alkanes of at least 4 members (excludes halogenated alkanes) is 5. The van der Waals surface area contributed by atoms with E-state index in [1.807, 2.05) is 41.5 Å². The van der Waals surface area contributed by atoms with E-state index in [-0.39, 0.29) is 85.6 Å². The van der Waals surface area contributed by atoms with E-state index >= 15 is 0 Å². The van der Waals surface area contributed by atoms with Crippen molar-refractivity contribution >= 4 is 119 Å². The molecule has 0 bridgehead atoms. The van der Waals surface area contributed by atoms with Crippen LogP contribution in [0.5, 0.6) is 11.5 Å². The molecule has 3 aliphatic rings. The second kappa shape index (κ2) is 25.8. The Balaban J connectivity index is 1.18. The lowest BCUT2D eigenvalue weighted by atomic mass is 9.79. The largest absolute Gasteiger partial charge is 0.479 e. The van der Waals surface area contributed by atoms with Crippen molar-refractivity contribution in [2.75, 3.05) is 43.8 Å². The molecule has 0 fully saturated rings. The topological polar surface area (TPSA) is 379 Å². The number of rotatable bonds is 26. The number of carbonyl (C=O) groups excluding carboxylic acids is 2. The highest BCUT2D eigenvalue weighted by molar-refractivity contribution is 8.00. The van der Waals surface area contributed by atoms with Gasteiger partial charge in [0.1, 0.15) is 0 Å². The molecule has 10 N–H and O–H groups in total. The van der Waals surface area contributed by atoms with Crippen molar-refractivity contribution < 1.29 is 96.9 Å². The summed E-state index contributed by atoms with van der Waals surface area (Å²) >= 11 is 21.8. The summed E-state index contributed by atoms with van der Waals surface area (Å²) in [5.41, 5.74) is -2.22. The molecule has 0 spiro atoms. The van der Waals surface area contributed by atoms with Gasteiger partial charge in [-0.15, -0.1) is 11.8 Å². The molecule has 0 aromatic heterocycles. The summed E-state index contributed by atoms with van der Waals surface area (Å²) in [7, 11) is -24.3. The zero-order valence-electron chi connectivity index (χ0n) is 45.0. The van der Waals surface area contributed by atoms with Gasteiger partial charge in [0.25, 0.3) is 10.1 Å². The first-order valence-electron chi connectivity index (χ1n) is 25.3. The number of carboxylic acid groups (broad SMARTS) is 1. The van der Waals surface area contributed by atoms with E-state index in [4.69, 9.17) is 39.5 Å². The number of phosphoric acid groups is 1. The molecule has 450 valence electrons. The Morgan fingerprint density at radius 2 is 1.40 bits per heavy atom. The molecule has 0 saturated heterocycles. The fraction of sp³-hybridized carbons (Fsp3) is 0.542. The van der Waals surface area contributed by atoms with Crippen LogP contribution in [0.2, 0.25) is 15.1 Å². The standard InChI is InChI=1S/C48H64Cl3N4O20P3S3/c1-25-21-47(3,4)54-39-27(25)19-29-33(30-20-28-26(2)22-48(5,6)55-40(28)45(81(69,70)71)42(30)74-41(29)44(39)80(66,67)68)34-35(46(58)59)36(49)38(51)43(37(34)50)79-23-32(57)53-17-13-10-11-15-31(56)52-16-12-8-9-14-18-73-78(64,65)75-77(62,63)24-76(60,61)72-7/h19-20,25-26,54H,8-18,21-24H2,1-7H3,(H,52,56)(H,53,57)(H,58,59)(H,60,61)(H,62,63)(H,64,65)(H,66,67,68)(H,69,70,71)/p+1. The van der Waals surface area contributed by atoms with Gasteiger partial charge < -0.3 is 45.0 Å². The van der Waals surface area contributed by atoms with Crippen molar-refractivity contribution in [1.82, 2.24) is 10.6 Å². The Hall–Kier alpha value is -3.17. The molecular weight excluding hydrogens is 1250 g/mol. The Bertz CT molecular complexity index is 3550. The predicted molar refractivity (Wildman–Crippen MR) is 302 cm³/mol. The van der Waals surface area contributed by atoms with Crippen LogP contribution >= 0.6 is 69.6 Å². The van der Waals surface area contributed by atoms with Crippen molar-refractivity contribution in [2.24, 2.45) is 0 Å². The summed E-state index contributed by atoms with van der Waals surface area (Å²) in [6.07, 6.45) is 4.53. The highest BCUT2D eigenvalue weighted by Gasteiger charge is 2.45. The molecule has 24 nitrogen and oxygen atoms in total. The molecule has 3 aromatic carbocycles. The third-order valence-corrected chi connectivity index (χ3v) is 23.6. The first-order valence-corrected chi connectivity index (χ1v) is 35.3. The fourth-order valence-corrected chi connectivity index (χ4v) is 18.7. The van der Waals surface area contributed by atoms with Gasteiger partial charge in [0.2, 0.25) is 22.1 Å². The Labute approximate surface area is 487 Å². The van der Waals surface area contributed by atoms with Gasteiger partial charge in [-0.25, -0.2) is 18.7 Å². The van der Waals surface area contributed by atoms with Gasteiger partial charge in [-0.05, 0) is 89.3 Å². The predicted octanol–water partition coefficient (Wildman–Crippen LogP) is 7.43. The number of anilines is 1. The van der Waals surface area contributed by atoms with E-state index in [9.17, 15) is 73.8 Å². The number of phosphoric ester groups is 1. The number of hydrogen-bond donors (Lipinski definition) is 10. The molecule has 3 aromatic rings. The van der Waals surface area contributed by atoms with E-state index in [1.54, 1.807) is 12.1 Å². The first kappa shape index (κ1) is 67.0. The Kier molecular flexibility index (Phi) is 21.3. The summed E-state index contributed by atoms with van der Waals surface area (Å²) < 4.78 is 132. The normalized spacial score (nSPS) is 19.4. The zero-order valence-corrected chi connectivity index (χ0v) is 52.4. The number of hydrogen-bond acceptors (Lipinski definition) is 16. The van der Waals surface area contributed by atoms with Crippen molar-refractivity contribution in [3.8, 4) is 11.5 Å². The van der Waals surface area contributed by atoms with Crippen LogP contribution in [0.25, 0.3) is 5.57 Å². The van der Waals surface area contributed by atoms with Crippen LogP contribution in [0.3, 0.4) is 0 Å². The van der Waals surface area contributed by atoms with Crippen molar-refractivity contribution in [3.05, 3.63) is 65.6 Å². The molecule has 2 amide bonds. The van der Waals surface area contributed by atoms with Crippen LogP contribution < -0.4 is 36.3 Å². The second-order valence-corrected chi connectivity index (χ2v) is 32.0. The number of thioether (sulfide) groups is 1. The SMILES string of the molecule is COP(=O)(O)CP(=O)(O)OP(=O)(O)OCCCCCCNC(=O)CCCCCNC(=O)CSc1c(Cl)c(Cl)c(C(=O)O)c(C2=c3cc4c(c(S(=O)(=O)O)c3Oc3c2cc2c(c3S(=O)(=O)O)NC(C)(C)CC2C)=[NH+]C(C)(C)CC4C)c1Cl. The van der Waals surface area contributed by atoms with Crippen LogP contribution in [-0.2, 0) is 56.9 Å². The lowest BCUT2D eigenvalue weighted by Crippen LogP contribution is -2.91. The van der Waals surface area contributed by atoms with E-state index < -0.39 is 116 Å². The van der Waals surface area contributed by atoms with Crippen molar-refractivity contribution in [3.63, 3.8) is 0 Å². The molecule has 5 unspecified atom stereocenters. The number of aromatic carboxylic acids is 1. The summed E-state index contributed by atoms with van der Waals surface area (Å²) in [4.78, 5) is 69.5. The summed E-state index contributed by atoms with van der Waals surface area (Å²) in [6, 6.07) is 3.08. The van der Waals surface area contributed by atoms with E-state index in [1.165, 1.54) is 0 Å². The lowest BCUT2D eigenvalue weighted by Gasteiger charge is -2.39. The van der Waals surface area contributed by atoms with E-state index in [0.717, 1.165) is 18.9 Å². The van der Waals surface area contributed by atoms with Crippen LogP contribution in [-0.4, -0.2) is 113 Å². The zero-order chi connectivity index (χ0) is 60.6. The minimum atomic E-state index is -5.30. The number of amides is 2. The summed E-state index contributed by atoms with van der Waals surface area (Å²) in [5, 5.41) is 18.2. The van der Waals surface area contributed by atoms with Crippen molar-refractivity contribution in [2.45, 2.75) is 143 Å². The number of carbonyl (C=O) groups is 3. The quantitative estimate of drug-likeness (QED) is 0.00960. The van der Waals surface area contributed by atoms with E-state index in [0.29, 0.717) is 69.0 Å². The Morgan fingerprint density at radius 1 is 0.802 bits per heavy atom. The van der Waals surface area contributed by atoms with Gasteiger partial charge in [0.05, 0.1) is 38.7 Å². The van der Waals surface area contributed by atoms with Crippen molar-refractivity contribution in [1.29, 1.82) is 0 Å². The van der Waals surface area contributed by atoms with Gasteiger partial charge in [-0.2, -0.15) is 16.8 Å². The van der Waals surface area contributed by atoms with Crippen LogP contribution in [0, 0.1) is 0 Å². The molecule has 0 saturated carbocycles. The number of nitrogens with one attached hydrogen (secondary N) is 4. The van der Waals surface area contributed by atoms with Crippen LogP contribution in [0.15, 0.2) is 26.8 Å². The van der Waals surface area contributed by atoms with Crippen LogP contribution in [0.4, 0.5) is 5.69 Å². The number of benzene rings is 3. The highest BCUT2D eigenvalue weighted by Crippen LogP contribution is 2.66. The van der Waals surface area contributed by atoms with E-state index in [2.05, 4.69) is 34.3 Å². The van der Waals surface area contributed by atoms with Gasteiger partial charge in [0, 0.05) is 71.0 Å². The number of fused-ring (bicyclic) bond motifs is 4. The maximum Gasteiger partial charge on any atom is 0.479 e. The molecule has 33 heteroatoms. The summed E-state index contributed by atoms with van der Waals surface area (Å²) in [5.74, 6) is -6.15. The smallest absolute Gasteiger partial charge is 0.478 e. The monoisotopic (exact) mass is 1310 g/mol. The fourth-order valence-electron chi connectivity index (χ4n) is 10.2. The Morgan fingerprint density at radius 3 is 2.00 bits per heavy atom. The van der Waals surface area contributed by atoms with Gasteiger partial charge in [-0.3, -0.25) is 32.3 Å². The second-order valence-electron chi connectivity index (χ2n) is 21.3. The van der Waals surface area contributed by atoms with Crippen LogP contribution in [0.1, 0.15) is 150 Å². The average Bonchev–Trinajstić information content (AvgIpc) is 3.37. The molecular formula is C48H65Cl3N4O20P3S3+. The molecule has 0 aliphatic carbocycles. The summed E-state index contributed by atoms with van der Waals surface area (Å²) in [6.45, 7) is 11.1. The maximum absolute atomic E-state index is 13.7. The maximum atomic E-state index is 13.7. The lowest BCUT2D eigenvalue weighted by molar-refractivity contribution is -0.590. The van der Waals surface area contributed by atoms with Gasteiger partial charge in [0.15, 0.2) is 27.8 Å². The highest BCUT2D eigenvalue weighted by atomic mass is 35.5. The molecule has 3 heterocycles. The molecule has 5 atom stereocenters. The number of halogens is 3. The third kappa shape index (κ3) is 16.4. The number of ether oxygens (including phenoxy) is 1. The molecule has 81 heavy (non-hydrogen) atoms. The third-order valence-electron chi connectivity index (χ3n) is 13.4. The molecule has 3 aliphatic heterocycles. The molecule has 0 radical (unpaired) electrons.